The second-order valence-electron chi connectivity index (χ2n) is 5.81. The second kappa shape index (κ2) is 11.0. The molecule has 0 saturated heterocycles. The van der Waals surface area contributed by atoms with E-state index >= 15 is 0 Å². The topological polar surface area (TPSA) is 92.1 Å². The van der Waals surface area contributed by atoms with Crippen LogP contribution in [0.5, 0.6) is 0 Å². The van der Waals surface area contributed by atoms with Crippen LogP contribution in [0.4, 0.5) is 0 Å². The molecule has 0 N–H and O–H groups in total. The summed E-state index contributed by atoms with van der Waals surface area (Å²) in [5.74, 6) is -0.850. The monoisotopic (exact) mass is 431 g/mol. The first-order chi connectivity index (χ1) is 22.3. The van der Waals surface area contributed by atoms with Gasteiger partial charge in [-0.2, -0.15) is 0 Å². The molecular formula is C21H33N9. The van der Waals surface area contributed by atoms with Crippen molar-refractivity contribution < 1.29 is 27.4 Å². The molecule has 0 saturated carbocycles. The van der Waals surface area contributed by atoms with Crippen LogP contribution in [-0.2, 0) is 38.6 Å². The van der Waals surface area contributed by atoms with Gasteiger partial charge in [0.25, 0.3) is 0 Å². The van der Waals surface area contributed by atoms with Crippen LogP contribution < -0.4 is 0 Å². The van der Waals surface area contributed by atoms with Crippen LogP contribution >= 0.6 is 0 Å². The van der Waals surface area contributed by atoms with Crippen LogP contribution in [0.3, 0.4) is 0 Å². The quantitative estimate of drug-likeness (QED) is 0.543. The van der Waals surface area contributed by atoms with Crippen LogP contribution in [0.1, 0.15) is 102 Å². The minimum Gasteiger partial charge on any atom is -0.318 e. The summed E-state index contributed by atoms with van der Waals surface area (Å²) >= 11 is 0. The zero-order chi connectivity index (χ0) is 38.4. The minimum absolute atomic E-state index is 0.0972. The Balaban J connectivity index is 0.000000171. The van der Waals surface area contributed by atoms with E-state index in [1.807, 2.05) is 0 Å². The van der Waals surface area contributed by atoms with Crippen LogP contribution in [0, 0.1) is 0 Å². The number of hydrogen-bond acceptors (Lipinski definition) is 6. The predicted molar refractivity (Wildman–Crippen MR) is 113 cm³/mol. The predicted octanol–water partition coefficient (Wildman–Crippen LogP) is 3.01. The Morgan fingerprint density at radius 3 is 1.87 bits per heavy atom. The van der Waals surface area contributed by atoms with Crippen molar-refractivity contribution in [2.24, 2.45) is 0 Å². The molecule has 6 rings (SSSR count). The highest BCUT2D eigenvalue weighted by molar-refractivity contribution is 4.88. The lowest BCUT2D eigenvalue weighted by Crippen LogP contribution is -1.98. The summed E-state index contributed by atoms with van der Waals surface area (Å²) in [7, 11) is 0. The molecule has 3 aliphatic heterocycles. The van der Waals surface area contributed by atoms with Gasteiger partial charge in [0.2, 0.25) is 0 Å². The number of nitrogens with zero attached hydrogens (tertiary/aromatic N) is 9. The molecule has 3 aromatic rings. The third kappa shape index (κ3) is 5.73. The van der Waals surface area contributed by atoms with E-state index in [1.54, 1.807) is 0 Å². The van der Waals surface area contributed by atoms with E-state index in [2.05, 4.69) is 30.6 Å². The van der Waals surface area contributed by atoms with E-state index in [-0.39, 0.29) is 11.6 Å². The lowest BCUT2D eigenvalue weighted by molar-refractivity contribution is 0.632. The van der Waals surface area contributed by atoms with Gasteiger partial charge < -0.3 is 13.7 Å². The molecule has 162 valence electrons. The van der Waals surface area contributed by atoms with Gasteiger partial charge >= 0.3 is 0 Å². The summed E-state index contributed by atoms with van der Waals surface area (Å²) in [4.78, 5) is 0. The van der Waals surface area contributed by atoms with Crippen molar-refractivity contribution in [2.75, 3.05) is 0 Å². The fraction of sp³-hybridized carbons (Fsp3) is 0.714. The van der Waals surface area contributed by atoms with Crippen molar-refractivity contribution in [3.8, 4) is 0 Å². The summed E-state index contributed by atoms with van der Waals surface area (Å²) in [6.07, 6.45) is -15.3. The van der Waals surface area contributed by atoms with Crippen LogP contribution in [0.25, 0.3) is 0 Å². The van der Waals surface area contributed by atoms with E-state index in [1.165, 1.54) is 10.9 Å². The zero-order valence-corrected chi connectivity index (χ0v) is 15.8. The van der Waals surface area contributed by atoms with Gasteiger partial charge in [-0.15, -0.1) is 30.6 Å². The van der Waals surface area contributed by atoms with Gasteiger partial charge in [-0.05, 0) is 38.4 Å². The molecule has 9 nitrogen and oxygen atoms in total. The third-order valence-corrected chi connectivity index (χ3v) is 3.78. The summed E-state index contributed by atoms with van der Waals surface area (Å²) in [6, 6.07) is 0. The molecule has 0 atom stereocenters. The largest absolute Gasteiger partial charge is 0.318 e. The van der Waals surface area contributed by atoms with Gasteiger partial charge in [-0.1, -0.05) is 19.2 Å². The van der Waals surface area contributed by atoms with Crippen molar-refractivity contribution >= 4 is 0 Å². The number of aromatic nitrogens is 9. The Morgan fingerprint density at radius 2 is 1.13 bits per heavy atom. The molecule has 0 amide bonds. The molecule has 0 unspecified atom stereocenters. The Hall–Kier alpha value is -2.58. The molecule has 0 fully saturated rings. The van der Waals surface area contributed by atoms with Gasteiger partial charge in [-0.3, -0.25) is 0 Å². The van der Waals surface area contributed by atoms with Crippen LogP contribution in [0.2, 0.25) is 0 Å². The Kier molecular flexibility index (Phi) is 2.76. The van der Waals surface area contributed by atoms with Crippen molar-refractivity contribution in [2.45, 2.75) is 96.2 Å². The molecule has 3 aliphatic rings. The van der Waals surface area contributed by atoms with Crippen molar-refractivity contribution in [1.29, 1.82) is 0 Å². The standard InChI is InChI=1S/3C7H11N3/c3*1-2-4-7-9-8-6-10(7)5-3-1/h3*6H,1-5H2/i1D2,2D2,3D2,4D2,5D2;1D2,4D2,5D2;4D2,5D2. The highest BCUT2D eigenvalue weighted by Gasteiger charge is 2.08. The highest BCUT2D eigenvalue weighted by atomic mass is 15.3. The van der Waals surface area contributed by atoms with Gasteiger partial charge in [-0.25, -0.2) is 0 Å². The summed E-state index contributed by atoms with van der Waals surface area (Å²) in [5.41, 5.74) is 0. The first kappa shape index (κ1) is 7.53. The van der Waals surface area contributed by atoms with E-state index < -0.39 is 82.8 Å². The molecule has 0 bridgehead atoms. The minimum atomic E-state index is -3.45. The van der Waals surface area contributed by atoms with Gasteiger partial charge in [0.1, 0.15) is 36.5 Å². The van der Waals surface area contributed by atoms with Crippen LogP contribution in [-0.4, -0.2) is 44.3 Å². The smallest absolute Gasteiger partial charge is 0.132 e. The summed E-state index contributed by atoms with van der Waals surface area (Å²) in [5, 5.41) is 20.9. The average Bonchev–Trinajstić information content (AvgIpc) is 3.71. The normalized spacial score (nSPS) is 44.7. The summed E-state index contributed by atoms with van der Waals surface area (Å²) in [6.45, 7) is -6.64. The van der Waals surface area contributed by atoms with E-state index in [9.17, 15) is 0 Å². The molecule has 3 aromatic heterocycles. The molecule has 0 aromatic carbocycles. The molecular weight excluding hydrogens is 378 g/mol. The number of rotatable bonds is 0. The fourth-order valence-corrected chi connectivity index (χ4v) is 2.38. The van der Waals surface area contributed by atoms with Crippen molar-refractivity contribution in [3.05, 3.63) is 36.5 Å². The Bertz CT molecular complexity index is 1580. The van der Waals surface area contributed by atoms with Gasteiger partial charge in [0.15, 0.2) is 0 Å². The third-order valence-electron chi connectivity index (χ3n) is 3.78. The number of hydrogen-bond donors (Lipinski definition) is 0. The fourth-order valence-electron chi connectivity index (χ4n) is 2.38. The summed E-state index contributed by atoms with van der Waals surface area (Å²) < 4.78 is 157. The molecule has 0 radical (unpaired) electrons. The van der Waals surface area contributed by atoms with Crippen LogP contribution in [0.15, 0.2) is 19.0 Å². The molecule has 0 aliphatic carbocycles. The molecule has 6 heterocycles. The highest BCUT2D eigenvalue weighted by Crippen LogP contribution is 2.12. The lowest BCUT2D eigenvalue weighted by Gasteiger charge is -1.97. The average molecular weight is 432 g/mol. The van der Waals surface area contributed by atoms with E-state index in [0.29, 0.717) is 23.8 Å². The van der Waals surface area contributed by atoms with E-state index in [0.717, 1.165) is 17.2 Å². The SMILES string of the molecule is [2H]C1([2H])CC([2H])([2H])c2nncn2C([2H])([2H])C1.[2H]C1([2H])CCCC([2H])([2H])n2cnnc21.[2H]C1([2H])c2nncn2C([2H])([2H])C([2H])([2H])C([2H])([2H])C1([2H])[2H]. The maximum atomic E-state index is 7.78. The van der Waals surface area contributed by atoms with E-state index in [4.69, 9.17) is 27.4 Å². The number of aryl methyl sites for hydroxylation is 6. The van der Waals surface area contributed by atoms with Gasteiger partial charge in [0, 0.05) is 66.0 Å². The van der Waals surface area contributed by atoms with Gasteiger partial charge in [0.05, 0.1) is 0 Å². The lowest BCUT2D eigenvalue weighted by atomic mass is 10.2. The molecule has 0 spiro atoms. The zero-order valence-electron chi connectivity index (χ0n) is 35.8. The second-order valence-corrected chi connectivity index (χ2v) is 5.81. The first-order valence-corrected chi connectivity index (χ1v) is 9.03. The Labute approximate surface area is 206 Å². The maximum absolute atomic E-state index is 7.78. The number of fused-ring (bicyclic) bond motifs is 3. The molecule has 30 heavy (non-hydrogen) atoms. The molecule has 9 heteroatoms. The Morgan fingerprint density at radius 1 is 0.533 bits per heavy atom. The maximum Gasteiger partial charge on any atom is 0.132 e. The van der Waals surface area contributed by atoms with Crippen molar-refractivity contribution in [1.82, 2.24) is 44.3 Å². The van der Waals surface area contributed by atoms with Crippen molar-refractivity contribution in [3.63, 3.8) is 0 Å². The first-order valence-electron chi connectivity index (χ1n) is 19.0.